The molecule has 2 rings (SSSR count). The van der Waals surface area contributed by atoms with Gasteiger partial charge in [-0.15, -0.1) is 0 Å². The van der Waals surface area contributed by atoms with Crippen molar-refractivity contribution < 1.29 is 28.5 Å². The zero-order valence-corrected chi connectivity index (χ0v) is 20.6. The van der Waals surface area contributed by atoms with Gasteiger partial charge in [-0.25, -0.2) is 9.59 Å². The van der Waals surface area contributed by atoms with E-state index in [0.29, 0.717) is 5.56 Å². The summed E-state index contributed by atoms with van der Waals surface area (Å²) in [5.74, 6) is -2.15. The highest BCUT2D eigenvalue weighted by atomic mass is 35.6. The molecular weight excluding hydrogens is 523 g/mol. The van der Waals surface area contributed by atoms with Gasteiger partial charge in [-0.1, -0.05) is 76.3 Å². The number of esters is 2. The number of nitrogens with one attached hydrogen (secondary N) is 1. The van der Waals surface area contributed by atoms with Gasteiger partial charge in [-0.3, -0.25) is 5.41 Å². The topological polar surface area (TPSA) is 144 Å². The predicted octanol–water partition coefficient (Wildman–Crippen LogP) is 5.47. The van der Waals surface area contributed by atoms with Crippen LogP contribution in [-0.2, 0) is 18.9 Å². The molecule has 186 valence electrons. The number of hydrogen-bond donors (Lipinski definition) is 1. The lowest BCUT2D eigenvalue weighted by Crippen LogP contribution is -2.41. The van der Waals surface area contributed by atoms with Crippen LogP contribution in [0.25, 0.3) is 10.4 Å². The van der Waals surface area contributed by atoms with Crippen LogP contribution in [0.4, 0.5) is 0 Å². The zero-order chi connectivity index (χ0) is 25.8. The van der Waals surface area contributed by atoms with Crippen molar-refractivity contribution in [2.45, 2.75) is 29.2 Å². The van der Waals surface area contributed by atoms with Crippen LogP contribution in [0.15, 0.2) is 65.8 Å². The van der Waals surface area contributed by atoms with Gasteiger partial charge >= 0.3 is 11.9 Å². The highest BCUT2D eigenvalue weighted by Crippen LogP contribution is 2.28. The molecule has 3 atom stereocenters. The summed E-state index contributed by atoms with van der Waals surface area (Å²) in [6.07, 6.45) is -3.49. The Bertz CT molecular complexity index is 1050. The van der Waals surface area contributed by atoms with Crippen LogP contribution >= 0.6 is 34.8 Å². The summed E-state index contributed by atoms with van der Waals surface area (Å²) in [6.45, 7) is 0.696. The molecule has 10 nitrogen and oxygen atoms in total. The number of halogens is 3. The monoisotopic (exact) mass is 542 g/mol. The minimum Gasteiger partial charge on any atom is -0.456 e. The summed E-state index contributed by atoms with van der Waals surface area (Å²) >= 11 is 17.1. The number of carbonyl (C=O) groups excluding carboxylic acids is 2. The van der Waals surface area contributed by atoms with Gasteiger partial charge in [-0.05, 0) is 36.7 Å². The van der Waals surface area contributed by atoms with Crippen LogP contribution in [-0.4, -0.2) is 53.3 Å². The van der Waals surface area contributed by atoms with Crippen LogP contribution in [0.5, 0.6) is 0 Å². The lowest BCUT2D eigenvalue weighted by molar-refractivity contribution is -0.169. The summed E-state index contributed by atoms with van der Waals surface area (Å²) in [7, 11) is 0. The molecule has 1 N–H and O–H groups in total. The van der Waals surface area contributed by atoms with E-state index in [1.165, 1.54) is 19.1 Å². The third kappa shape index (κ3) is 9.64. The average Bonchev–Trinajstić information content (AvgIpc) is 2.84. The van der Waals surface area contributed by atoms with Crippen molar-refractivity contribution >= 4 is 52.6 Å². The number of ether oxygens (including phenoxy) is 4. The van der Waals surface area contributed by atoms with Crippen LogP contribution in [0.2, 0.25) is 0 Å². The van der Waals surface area contributed by atoms with E-state index in [4.69, 9.17) is 64.7 Å². The summed E-state index contributed by atoms with van der Waals surface area (Å²) in [4.78, 5) is 27.4. The Morgan fingerprint density at radius 2 is 1.54 bits per heavy atom. The molecule has 0 spiro atoms. The Kier molecular flexibility index (Phi) is 11.1. The molecular formula is C22H21Cl3N4O6. The largest absolute Gasteiger partial charge is 0.456 e. The molecule has 0 aliphatic carbocycles. The highest BCUT2D eigenvalue weighted by molar-refractivity contribution is 6.76. The van der Waals surface area contributed by atoms with Gasteiger partial charge < -0.3 is 18.9 Å². The predicted molar refractivity (Wildman–Crippen MR) is 130 cm³/mol. The molecule has 0 fully saturated rings. The lowest BCUT2D eigenvalue weighted by atomic mass is 10.2. The second-order valence-corrected chi connectivity index (χ2v) is 9.18. The van der Waals surface area contributed by atoms with E-state index in [-0.39, 0.29) is 12.1 Å². The number of benzene rings is 2. The summed E-state index contributed by atoms with van der Waals surface area (Å²) in [5, 5.41) is 11.3. The quantitative estimate of drug-likeness (QED) is 0.0581. The number of azide groups is 1. The normalized spacial score (nSPS) is 13.5. The standard InChI is InChI=1S/C22H21Cl3N4O6/c1-14(33-20(31)16-10-6-3-7-11-16)17(12-28-29-27)34-18(35-21(26)22(23,24)25)13-32-19(30)15-8-4-2-5-9-15/h2-11,14,17-18,26H,12-13H2,1H3/t14-,17-,18?/m1/s1. The van der Waals surface area contributed by atoms with Crippen LogP contribution in [0.1, 0.15) is 27.6 Å². The van der Waals surface area contributed by atoms with Crippen molar-refractivity contribution in [2.24, 2.45) is 5.11 Å². The van der Waals surface area contributed by atoms with E-state index in [9.17, 15) is 9.59 Å². The van der Waals surface area contributed by atoms with Gasteiger partial charge in [0.05, 0.1) is 17.7 Å². The number of rotatable bonds is 11. The summed E-state index contributed by atoms with van der Waals surface area (Å²) < 4.78 is 19.4. The minimum atomic E-state index is -2.23. The van der Waals surface area contributed by atoms with Gasteiger partial charge in [0.15, 0.2) is 6.61 Å². The van der Waals surface area contributed by atoms with E-state index in [0.717, 1.165) is 0 Å². The second kappa shape index (κ2) is 13.8. The Morgan fingerprint density at radius 1 is 1.00 bits per heavy atom. The van der Waals surface area contributed by atoms with Crippen molar-refractivity contribution in [1.29, 1.82) is 5.41 Å². The first-order chi connectivity index (χ1) is 16.6. The Morgan fingerprint density at radius 3 is 2.06 bits per heavy atom. The van der Waals surface area contributed by atoms with E-state index >= 15 is 0 Å². The van der Waals surface area contributed by atoms with E-state index in [1.54, 1.807) is 48.5 Å². The highest BCUT2D eigenvalue weighted by Gasteiger charge is 2.34. The number of nitrogens with zero attached hydrogens (tertiary/aromatic N) is 3. The lowest BCUT2D eigenvalue weighted by Gasteiger charge is -2.29. The van der Waals surface area contributed by atoms with Gasteiger partial charge in [0, 0.05) is 4.91 Å². The Labute approximate surface area is 216 Å². The van der Waals surface area contributed by atoms with Crippen LogP contribution in [0.3, 0.4) is 0 Å². The SMILES string of the molecule is C[C@@H](OC(=O)c1ccccc1)[C@@H](CN=[N+]=[N-])OC(COC(=O)c1ccccc1)OC(=N)C(Cl)(Cl)Cl. The van der Waals surface area contributed by atoms with Crippen molar-refractivity contribution in [3.05, 3.63) is 82.2 Å². The summed E-state index contributed by atoms with van der Waals surface area (Å²) in [6, 6.07) is 16.3. The van der Waals surface area contributed by atoms with E-state index < -0.39 is 46.7 Å². The Balaban J connectivity index is 2.16. The molecule has 0 saturated heterocycles. The fourth-order valence-electron chi connectivity index (χ4n) is 2.60. The zero-order valence-electron chi connectivity index (χ0n) is 18.3. The molecule has 0 aromatic heterocycles. The smallest absolute Gasteiger partial charge is 0.338 e. The second-order valence-electron chi connectivity index (χ2n) is 6.90. The number of carbonyl (C=O) groups is 2. The average molecular weight is 544 g/mol. The fraction of sp³-hybridized carbons (Fsp3) is 0.318. The molecule has 0 aliphatic rings. The van der Waals surface area contributed by atoms with E-state index in [2.05, 4.69) is 10.0 Å². The molecule has 13 heteroatoms. The molecule has 0 bridgehead atoms. The minimum absolute atomic E-state index is 0.262. The van der Waals surface area contributed by atoms with E-state index in [1.807, 2.05) is 0 Å². The number of alkyl halides is 3. The molecule has 0 amide bonds. The van der Waals surface area contributed by atoms with Gasteiger partial charge in [0.1, 0.15) is 12.2 Å². The molecule has 2 aromatic carbocycles. The molecule has 0 heterocycles. The van der Waals surface area contributed by atoms with Gasteiger partial charge in [0.25, 0.3) is 3.79 Å². The summed E-state index contributed by atoms with van der Waals surface area (Å²) in [5.41, 5.74) is 9.31. The van der Waals surface area contributed by atoms with Crippen molar-refractivity contribution in [3.63, 3.8) is 0 Å². The van der Waals surface area contributed by atoms with Crippen molar-refractivity contribution in [3.8, 4) is 0 Å². The third-order valence-electron chi connectivity index (χ3n) is 4.34. The fourth-order valence-corrected chi connectivity index (χ4v) is 2.74. The van der Waals surface area contributed by atoms with Crippen LogP contribution < -0.4 is 0 Å². The van der Waals surface area contributed by atoms with Crippen molar-refractivity contribution in [2.75, 3.05) is 13.2 Å². The Hall–Kier alpha value is -3.01. The molecule has 0 saturated carbocycles. The maximum absolute atomic E-state index is 12.4. The van der Waals surface area contributed by atoms with Gasteiger partial charge in [-0.2, -0.15) is 0 Å². The molecule has 2 aromatic rings. The maximum atomic E-state index is 12.4. The first-order valence-corrected chi connectivity index (χ1v) is 11.2. The first kappa shape index (κ1) is 28.2. The first-order valence-electron chi connectivity index (χ1n) is 10.1. The third-order valence-corrected chi connectivity index (χ3v) is 4.86. The molecule has 1 unspecified atom stereocenters. The number of hydrogen-bond acceptors (Lipinski definition) is 8. The molecule has 0 radical (unpaired) electrons. The maximum Gasteiger partial charge on any atom is 0.338 e. The van der Waals surface area contributed by atoms with Gasteiger partial charge in [0.2, 0.25) is 12.2 Å². The van der Waals surface area contributed by atoms with Crippen molar-refractivity contribution in [1.82, 2.24) is 0 Å². The molecule has 35 heavy (non-hydrogen) atoms. The van der Waals surface area contributed by atoms with Crippen LogP contribution in [0, 0.1) is 5.41 Å². The molecule has 0 aliphatic heterocycles.